The fraction of sp³-hybridized carbons (Fsp3) is 0.389. The summed E-state index contributed by atoms with van der Waals surface area (Å²) < 4.78 is 2.07. The van der Waals surface area contributed by atoms with Crippen molar-refractivity contribution in [1.29, 1.82) is 0 Å². The fourth-order valence-electron chi connectivity index (χ4n) is 3.50. The molecule has 130 valence electrons. The molecule has 1 atom stereocenters. The second-order valence-corrected chi connectivity index (χ2v) is 6.53. The largest absolute Gasteiger partial charge is 0.337 e. The summed E-state index contributed by atoms with van der Waals surface area (Å²) in [4.78, 5) is 18.8. The van der Waals surface area contributed by atoms with Crippen molar-refractivity contribution < 1.29 is 4.79 Å². The number of imidazole rings is 1. The molecular weight excluding hydrogens is 316 g/mol. The zero-order chi connectivity index (χ0) is 17.1. The normalized spacial score (nSPS) is 17.8. The molecule has 0 bridgehead atoms. The summed E-state index contributed by atoms with van der Waals surface area (Å²) in [5, 5.41) is 11.0. The fourth-order valence-corrected chi connectivity index (χ4v) is 3.50. The van der Waals surface area contributed by atoms with Crippen LogP contribution >= 0.6 is 0 Å². The molecule has 0 aliphatic carbocycles. The van der Waals surface area contributed by atoms with Gasteiger partial charge in [-0.15, -0.1) is 0 Å². The Morgan fingerprint density at radius 2 is 2.32 bits per heavy atom. The number of piperidine rings is 1. The summed E-state index contributed by atoms with van der Waals surface area (Å²) in [5.74, 6) is 0. The lowest BCUT2D eigenvalue weighted by Gasteiger charge is -2.36. The molecule has 3 aromatic rings. The third-order valence-corrected chi connectivity index (χ3v) is 4.86. The highest BCUT2D eigenvalue weighted by molar-refractivity contribution is 5.92. The van der Waals surface area contributed by atoms with Gasteiger partial charge in [-0.1, -0.05) is 0 Å². The molecule has 0 radical (unpaired) electrons. The van der Waals surface area contributed by atoms with Gasteiger partial charge >= 0.3 is 6.03 Å². The van der Waals surface area contributed by atoms with Gasteiger partial charge in [-0.3, -0.25) is 5.10 Å². The highest BCUT2D eigenvalue weighted by Crippen LogP contribution is 2.22. The van der Waals surface area contributed by atoms with E-state index in [1.807, 2.05) is 35.6 Å². The van der Waals surface area contributed by atoms with Crippen LogP contribution in [0, 0.1) is 0 Å². The molecule has 2 aromatic heterocycles. The number of amides is 2. The van der Waals surface area contributed by atoms with Crippen LogP contribution in [-0.4, -0.2) is 43.3 Å². The first-order valence-corrected chi connectivity index (χ1v) is 8.76. The lowest BCUT2D eigenvalue weighted by atomic mass is 9.99. The van der Waals surface area contributed by atoms with Gasteiger partial charge < -0.3 is 14.8 Å². The van der Waals surface area contributed by atoms with Gasteiger partial charge in [-0.05, 0) is 43.9 Å². The van der Waals surface area contributed by atoms with Crippen LogP contribution in [0.25, 0.3) is 10.9 Å². The lowest BCUT2D eigenvalue weighted by molar-refractivity contribution is 0.155. The van der Waals surface area contributed by atoms with Crippen LogP contribution in [0.1, 0.15) is 25.7 Å². The van der Waals surface area contributed by atoms with E-state index in [1.165, 1.54) is 6.42 Å². The topological polar surface area (TPSA) is 78.8 Å². The highest BCUT2D eigenvalue weighted by Gasteiger charge is 2.26. The van der Waals surface area contributed by atoms with Gasteiger partial charge in [-0.2, -0.15) is 5.10 Å². The number of fused-ring (bicyclic) bond motifs is 1. The van der Waals surface area contributed by atoms with Crippen LogP contribution in [0.4, 0.5) is 10.5 Å². The first kappa shape index (κ1) is 15.7. The number of aromatic nitrogens is 4. The van der Waals surface area contributed by atoms with Gasteiger partial charge in [0.05, 0.1) is 18.0 Å². The molecule has 0 spiro atoms. The number of aromatic amines is 1. The third kappa shape index (κ3) is 3.50. The summed E-state index contributed by atoms with van der Waals surface area (Å²) in [5.41, 5.74) is 1.72. The smallest absolute Gasteiger partial charge is 0.322 e. The summed E-state index contributed by atoms with van der Waals surface area (Å²) in [6.45, 7) is 1.70. The van der Waals surface area contributed by atoms with Crippen LogP contribution in [-0.2, 0) is 6.54 Å². The summed E-state index contributed by atoms with van der Waals surface area (Å²) in [6, 6.07) is 6.05. The Morgan fingerprint density at radius 3 is 3.20 bits per heavy atom. The number of carbonyl (C=O) groups is 1. The molecule has 1 aliphatic heterocycles. The zero-order valence-corrected chi connectivity index (χ0v) is 14.1. The molecule has 0 saturated carbocycles. The van der Waals surface area contributed by atoms with E-state index >= 15 is 0 Å². The van der Waals surface area contributed by atoms with Gasteiger partial charge in [0.2, 0.25) is 0 Å². The number of nitrogens with one attached hydrogen (secondary N) is 2. The Hall–Kier alpha value is -2.83. The summed E-state index contributed by atoms with van der Waals surface area (Å²) >= 11 is 0. The third-order valence-electron chi connectivity index (χ3n) is 4.86. The van der Waals surface area contributed by atoms with E-state index in [4.69, 9.17) is 0 Å². The summed E-state index contributed by atoms with van der Waals surface area (Å²) in [6.07, 6.45) is 11.6. The van der Waals surface area contributed by atoms with Crippen LogP contribution in [0.15, 0.2) is 43.1 Å². The van der Waals surface area contributed by atoms with Crippen LogP contribution in [0.3, 0.4) is 0 Å². The Kier molecular flexibility index (Phi) is 4.37. The van der Waals surface area contributed by atoms with Gasteiger partial charge in [0, 0.05) is 42.6 Å². The van der Waals surface area contributed by atoms with Crippen molar-refractivity contribution in [3.05, 3.63) is 43.1 Å². The molecule has 4 rings (SSSR count). The number of benzene rings is 1. The Balaban J connectivity index is 1.42. The van der Waals surface area contributed by atoms with E-state index in [-0.39, 0.29) is 12.1 Å². The molecule has 3 heterocycles. The molecule has 1 aliphatic rings. The second kappa shape index (κ2) is 6.96. The minimum Gasteiger partial charge on any atom is -0.337 e. The molecule has 2 N–H and O–H groups in total. The van der Waals surface area contributed by atoms with Crippen molar-refractivity contribution in [3.63, 3.8) is 0 Å². The number of anilines is 1. The number of rotatable bonds is 4. The maximum absolute atomic E-state index is 12.8. The van der Waals surface area contributed by atoms with E-state index in [2.05, 4.69) is 25.1 Å². The molecule has 1 aromatic carbocycles. The maximum Gasteiger partial charge on any atom is 0.322 e. The lowest BCUT2D eigenvalue weighted by Crippen LogP contribution is -2.46. The van der Waals surface area contributed by atoms with Crippen molar-refractivity contribution in [2.45, 2.75) is 38.3 Å². The number of H-pyrrole nitrogens is 1. The SMILES string of the molecule is O=C(Nc1ccc2cn[nH]c2c1)N1CCCC[C@H]1CCn1ccnc1. The standard InChI is InChI=1S/C18H22N6O/c25-18(21-15-5-4-14-12-20-22-17(14)11-15)24-8-2-1-3-16(24)6-9-23-10-7-19-13-23/h4-5,7,10-13,16H,1-3,6,8-9H2,(H,20,22)(H,21,25)/t16-/m0/s1. The predicted molar refractivity (Wildman–Crippen MR) is 96.3 cm³/mol. The zero-order valence-electron chi connectivity index (χ0n) is 14.1. The quantitative estimate of drug-likeness (QED) is 0.766. The van der Waals surface area contributed by atoms with Gasteiger partial charge in [0.1, 0.15) is 0 Å². The number of hydrogen-bond acceptors (Lipinski definition) is 3. The Bertz CT molecular complexity index is 840. The average Bonchev–Trinajstić information content (AvgIpc) is 3.31. The van der Waals surface area contributed by atoms with E-state index in [0.717, 1.165) is 48.9 Å². The van der Waals surface area contributed by atoms with E-state index in [1.54, 1.807) is 12.4 Å². The Morgan fingerprint density at radius 1 is 1.36 bits per heavy atom. The molecular formula is C18H22N6O. The van der Waals surface area contributed by atoms with Crippen molar-refractivity contribution in [2.75, 3.05) is 11.9 Å². The average molecular weight is 338 g/mol. The molecule has 7 nitrogen and oxygen atoms in total. The second-order valence-electron chi connectivity index (χ2n) is 6.53. The van der Waals surface area contributed by atoms with Gasteiger partial charge in [0.15, 0.2) is 0 Å². The molecule has 1 saturated heterocycles. The first-order chi connectivity index (χ1) is 12.3. The van der Waals surface area contributed by atoms with Crippen LogP contribution in [0.5, 0.6) is 0 Å². The van der Waals surface area contributed by atoms with Crippen molar-refractivity contribution in [3.8, 4) is 0 Å². The summed E-state index contributed by atoms with van der Waals surface area (Å²) in [7, 11) is 0. The monoisotopic (exact) mass is 338 g/mol. The van der Waals surface area contributed by atoms with E-state index < -0.39 is 0 Å². The number of aryl methyl sites for hydroxylation is 1. The number of carbonyl (C=O) groups excluding carboxylic acids is 1. The van der Waals surface area contributed by atoms with E-state index in [9.17, 15) is 4.79 Å². The van der Waals surface area contributed by atoms with Crippen molar-refractivity contribution in [1.82, 2.24) is 24.6 Å². The molecule has 2 amide bonds. The predicted octanol–water partition coefficient (Wildman–Crippen LogP) is 3.24. The van der Waals surface area contributed by atoms with Gasteiger partial charge in [0.25, 0.3) is 0 Å². The van der Waals surface area contributed by atoms with Crippen molar-refractivity contribution in [2.24, 2.45) is 0 Å². The number of likely N-dealkylation sites (tertiary alicyclic amines) is 1. The molecule has 7 heteroatoms. The van der Waals surface area contributed by atoms with Gasteiger partial charge in [-0.25, -0.2) is 9.78 Å². The number of hydrogen-bond donors (Lipinski definition) is 2. The van der Waals surface area contributed by atoms with E-state index in [0.29, 0.717) is 0 Å². The molecule has 1 fully saturated rings. The molecule has 25 heavy (non-hydrogen) atoms. The Labute approximate surface area is 146 Å². The first-order valence-electron chi connectivity index (χ1n) is 8.76. The highest BCUT2D eigenvalue weighted by atomic mass is 16.2. The van der Waals surface area contributed by atoms with Crippen molar-refractivity contribution >= 4 is 22.6 Å². The van der Waals surface area contributed by atoms with Crippen LogP contribution in [0.2, 0.25) is 0 Å². The minimum absolute atomic E-state index is 0.0193. The number of nitrogens with zero attached hydrogens (tertiary/aromatic N) is 4. The van der Waals surface area contributed by atoms with Crippen LogP contribution < -0.4 is 5.32 Å². The minimum atomic E-state index is -0.0193. The maximum atomic E-state index is 12.8. The molecule has 0 unspecified atom stereocenters. The number of urea groups is 1.